The van der Waals surface area contributed by atoms with Gasteiger partial charge >= 0.3 is 0 Å². The maximum absolute atomic E-state index is 12.9. The van der Waals surface area contributed by atoms with Crippen molar-refractivity contribution in [1.82, 2.24) is 0 Å². The highest BCUT2D eigenvalue weighted by Gasteiger charge is 2.60. The summed E-state index contributed by atoms with van der Waals surface area (Å²) < 4.78 is 0. The van der Waals surface area contributed by atoms with Gasteiger partial charge in [-0.25, -0.2) is 0 Å². The van der Waals surface area contributed by atoms with Gasteiger partial charge in [0, 0.05) is 22.0 Å². The highest BCUT2D eigenvalue weighted by molar-refractivity contribution is 8.03. The Bertz CT molecular complexity index is 841. The van der Waals surface area contributed by atoms with Crippen LogP contribution < -0.4 is 10.2 Å². The van der Waals surface area contributed by atoms with Crippen LogP contribution in [0.3, 0.4) is 0 Å². The SMILES string of the molecule is C[C@H]1S[C@@]2(C(=O)Nc3ccccc32)N(c2cccc(Cl)c2)C1=O. The molecule has 0 aromatic heterocycles. The summed E-state index contributed by atoms with van der Waals surface area (Å²) in [5, 5.41) is 3.11. The predicted molar refractivity (Wildman–Crippen MR) is 92.7 cm³/mol. The zero-order valence-electron chi connectivity index (χ0n) is 12.2. The second kappa shape index (κ2) is 5.01. The van der Waals surface area contributed by atoms with E-state index in [0.717, 1.165) is 11.3 Å². The van der Waals surface area contributed by atoms with Crippen molar-refractivity contribution in [3.05, 3.63) is 59.1 Å². The van der Waals surface area contributed by atoms with Gasteiger partial charge < -0.3 is 5.32 Å². The van der Waals surface area contributed by atoms with Gasteiger partial charge in [0.1, 0.15) is 0 Å². The first-order valence-electron chi connectivity index (χ1n) is 7.22. The third-order valence-electron chi connectivity index (χ3n) is 4.14. The van der Waals surface area contributed by atoms with Gasteiger partial charge in [-0.2, -0.15) is 0 Å². The van der Waals surface area contributed by atoms with Crippen LogP contribution in [0.5, 0.6) is 0 Å². The number of nitrogens with one attached hydrogen (secondary N) is 1. The van der Waals surface area contributed by atoms with Crippen LogP contribution in [0, 0.1) is 0 Å². The highest BCUT2D eigenvalue weighted by atomic mass is 35.5. The van der Waals surface area contributed by atoms with Gasteiger partial charge in [0.05, 0.1) is 5.25 Å². The minimum atomic E-state index is -1.07. The molecule has 6 heteroatoms. The Balaban J connectivity index is 1.96. The predicted octanol–water partition coefficient (Wildman–Crippen LogP) is 3.61. The summed E-state index contributed by atoms with van der Waals surface area (Å²) in [5.41, 5.74) is 2.19. The first kappa shape index (κ1) is 14.6. The van der Waals surface area contributed by atoms with Crippen molar-refractivity contribution in [3.8, 4) is 0 Å². The van der Waals surface area contributed by atoms with Gasteiger partial charge in [-0.15, -0.1) is 11.8 Å². The topological polar surface area (TPSA) is 49.4 Å². The Labute approximate surface area is 142 Å². The number of para-hydroxylation sites is 1. The zero-order chi connectivity index (χ0) is 16.2. The summed E-state index contributed by atoms with van der Waals surface area (Å²) >= 11 is 7.46. The fourth-order valence-electron chi connectivity index (χ4n) is 3.18. The van der Waals surface area contributed by atoms with E-state index in [1.165, 1.54) is 11.8 Å². The van der Waals surface area contributed by atoms with Gasteiger partial charge in [0.2, 0.25) is 10.8 Å². The zero-order valence-corrected chi connectivity index (χ0v) is 13.8. The largest absolute Gasteiger partial charge is 0.323 e. The Morgan fingerprint density at radius 2 is 1.96 bits per heavy atom. The number of carbonyl (C=O) groups excluding carboxylic acids is 2. The molecule has 0 saturated carbocycles. The first-order valence-corrected chi connectivity index (χ1v) is 8.48. The normalized spacial score (nSPS) is 25.8. The van der Waals surface area contributed by atoms with E-state index >= 15 is 0 Å². The number of carbonyl (C=O) groups is 2. The van der Waals surface area contributed by atoms with Crippen LogP contribution in [0.2, 0.25) is 5.02 Å². The molecule has 2 amide bonds. The lowest BCUT2D eigenvalue weighted by Gasteiger charge is -2.32. The van der Waals surface area contributed by atoms with Crippen molar-refractivity contribution in [2.45, 2.75) is 17.0 Å². The van der Waals surface area contributed by atoms with Crippen molar-refractivity contribution in [2.75, 3.05) is 10.2 Å². The number of anilines is 2. The molecule has 1 N–H and O–H groups in total. The molecule has 2 aliphatic rings. The fraction of sp³-hybridized carbons (Fsp3) is 0.176. The standard InChI is InChI=1S/C17H13ClN2O2S/c1-10-15(21)20(12-6-4-5-11(18)9-12)17(23-10)13-7-2-3-8-14(13)19-16(17)22/h2-10H,1H3,(H,19,22)/t10-,17+/m1/s1. The van der Waals surface area contributed by atoms with Crippen molar-refractivity contribution < 1.29 is 9.59 Å². The molecular weight excluding hydrogens is 332 g/mol. The maximum Gasteiger partial charge on any atom is 0.266 e. The number of nitrogens with zero attached hydrogens (tertiary/aromatic N) is 1. The molecule has 0 bridgehead atoms. The van der Waals surface area contributed by atoms with E-state index < -0.39 is 4.87 Å². The Hall–Kier alpha value is -1.98. The van der Waals surface area contributed by atoms with Gasteiger partial charge in [-0.3, -0.25) is 14.5 Å². The van der Waals surface area contributed by atoms with Gasteiger partial charge in [-0.1, -0.05) is 35.9 Å². The lowest BCUT2D eigenvalue weighted by molar-refractivity contribution is -0.122. The number of benzene rings is 2. The van der Waals surface area contributed by atoms with Crippen LogP contribution >= 0.6 is 23.4 Å². The first-order chi connectivity index (χ1) is 11.0. The number of hydrogen-bond donors (Lipinski definition) is 1. The molecule has 2 aliphatic heterocycles. The van der Waals surface area contributed by atoms with E-state index in [2.05, 4.69) is 5.32 Å². The molecule has 2 aromatic rings. The van der Waals surface area contributed by atoms with E-state index in [1.807, 2.05) is 31.2 Å². The monoisotopic (exact) mass is 344 g/mol. The molecule has 0 aliphatic carbocycles. The molecule has 2 heterocycles. The molecule has 116 valence electrons. The van der Waals surface area contributed by atoms with Gasteiger partial charge in [0.15, 0.2) is 0 Å². The molecule has 0 unspecified atom stereocenters. The fourth-order valence-corrected chi connectivity index (χ4v) is 4.84. The average molecular weight is 345 g/mol. The quantitative estimate of drug-likeness (QED) is 0.859. The second-order valence-corrected chi connectivity index (χ2v) is 7.53. The molecule has 4 rings (SSSR count). The molecular formula is C17H13ClN2O2S. The summed E-state index contributed by atoms with van der Waals surface area (Å²) in [6.45, 7) is 1.83. The lowest BCUT2D eigenvalue weighted by Crippen LogP contribution is -2.47. The Morgan fingerprint density at radius 3 is 2.74 bits per heavy atom. The Morgan fingerprint density at radius 1 is 1.17 bits per heavy atom. The third-order valence-corrected chi connectivity index (χ3v) is 5.86. The van der Waals surface area contributed by atoms with Crippen LogP contribution in [0.25, 0.3) is 0 Å². The van der Waals surface area contributed by atoms with Gasteiger partial charge in [0.25, 0.3) is 5.91 Å². The number of thioether (sulfide) groups is 1. The number of halogens is 1. The summed E-state index contributed by atoms with van der Waals surface area (Å²) in [6, 6.07) is 14.5. The van der Waals surface area contributed by atoms with E-state index in [4.69, 9.17) is 11.6 Å². The molecule has 0 radical (unpaired) electrons. The summed E-state index contributed by atoms with van der Waals surface area (Å²) in [5.74, 6) is -0.287. The maximum atomic E-state index is 12.9. The second-order valence-electron chi connectivity index (χ2n) is 5.56. The summed E-state index contributed by atoms with van der Waals surface area (Å²) in [4.78, 5) is 26.2. The van der Waals surface area contributed by atoms with Crippen LogP contribution in [-0.4, -0.2) is 17.1 Å². The minimum Gasteiger partial charge on any atom is -0.323 e. The molecule has 4 nitrogen and oxygen atoms in total. The minimum absolute atomic E-state index is 0.0934. The summed E-state index contributed by atoms with van der Waals surface area (Å²) in [6.07, 6.45) is 0. The lowest BCUT2D eigenvalue weighted by atomic mass is 10.0. The number of rotatable bonds is 1. The van der Waals surface area contributed by atoms with E-state index in [-0.39, 0.29) is 17.1 Å². The number of fused-ring (bicyclic) bond motifs is 2. The van der Waals surface area contributed by atoms with Crippen LogP contribution in [0.15, 0.2) is 48.5 Å². The molecule has 1 fully saturated rings. The molecule has 1 spiro atoms. The number of hydrogen-bond acceptors (Lipinski definition) is 3. The average Bonchev–Trinajstić information content (AvgIpc) is 2.95. The van der Waals surface area contributed by atoms with Crippen LogP contribution in [-0.2, 0) is 14.5 Å². The van der Waals surface area contributed by atoms with Crippen molar-refractivity contribution in [2.24, 2.45) is 0 Å². The molecule has 23 heavy (non-hydrogen) atoms. The van der Waals surface area contributed by atoms with Crippen molar-refractivity contribution >= 4 is 46.6 Å². The summed E-state index contributed by atoms with van der Waals surface area (Å²) in [7, 11) is 0. The smallest absolute Gasteiger partial charge is 0.266 e. The van der Waals surface area contributed by atoms with E-state index in [9.17, 15) is 9.59 Å². The van der Waals surface area contributed by atoms with Crippen LogP contribution in [0.4, 0.5) is 11.4 Å². The molecule has 2 aromatic carbocycles. The molecule has 2 atom stereocenters. The van der Waals surface area contributed by atoms with Gasteiger partial charge in [-0.05, 0) is 31.2 Å². The molecule has 1 saturated heterocycles. The van der Waals surface area contributed by atoms with E-state index in [0.29, 0.717) is 10.7 Å². The Kier molecular flexibility index (Phi) is 3.18. The number of amides is 2. The van der Waals surface area contributed by atoms with Crippen molar-refractivity contribution in [3.63, 3.8) is 0 Å². The van der Waals surface area contributed by atoms with E-state index in [1.54, 1.807) is 29.2 Å². The third kappa shape index (κ3) is 1.93. The van der Waals surface area contributed by atoms with Crippen LogP contribution in [0.1, 0.15) is 12.5 Å². The highest BCUT2D eigenvalue weighted by Crippen LogP contribution is 2.56. The van der Waals surface area contributed by atoms with Crippen molar-refractivity contribution in [1.29, 1.82) is 0 Å².